The van der Waals surface area contributed by atoms with Gasteiger partial charge >= 0.3 is 5.97 Å². The van der Waals surface area contributed by atoms with E-state index < -0.39 is 16.8 Å². The van der Waals surface area contributed by atoms with Crippen molar-refractivity contribution in [1.82, 2.24) is 0 Å². The third-order valence-electron chi connectivity index (χ3n) is 3.16. The minimum absolute atomic E-state index is 0.0487. The number of carboxylic acids is 1. The Balaban J connectivity index is 2.17. The van der Waals surface area contributed by atoms with Crippen LogP contribution in [0.2, 0.25) is 0 Å². The first-order chi connectivity index (χ1) is 9.51. The molecular formula is C13H16N2O5. The molecule has 20 heavy (non-hydrogen) atoms. The van der Waals surface area contributed by atoms with Crippen LogP contribution in [-0.4, -0.2) is 35.7 Å². The van der Waals surface area contributed by atoms with Crippen LogP contribution < -0.4 is 9.64 Å². The summed E-state index contributed by atoms with van der Waals surface area (Å²) in [6.07, 6.45) is 0.808. The molecule has 1 saturated heterocycles. The second-order valence-electron chi connectivity index (χ2n) is 4.73. The molecule has 1 fully saturated rings. The fourth-order valence-corrected chi connectivity index (χ4v) is 2.00. The highest BCUT2D eigenvalue weighted by Crippen LogP contribution is 2.32. The Morgan fingerprint density at radius 1 is 1.50 bits per heavy atom. The number of rotatable bonds is 6. The van der Waals surface area contributed by atoms with Gasteiger partial charge in [-0.05, 0) is 6.42 Å². The molecule has 1 N–H and O–H groups in total. The van der Waals surface area contributed by atoms with Crippen LogP contribution in [0, 0.1) is 16.0 Å². The van der Waals surface area contributed by atoms with Crippen LogP contribution in [-0.2, 0) is 4.79 Å². The molecule has 0 bridgehead atoms. The van der Waals surface area contributed by atoms with Gasteiger partial charge in [-0.25, -0.2) is 0 Å². The molecule has 7 nitrogen and oxygen atoms in total. The number of hydrogen-bond donors (Lipinski definition) is 1. The average molecular weight is 280 g/mol. The molecule has 0 aromatic heterocycles. The number of carboxylic acid groups (broad SMARTS) is 1. The number of nitro groups is 1. The molecule has 0 atom stereocenters. The molecular weight excluding hydrogens is 264 g/mol. The summed E-state index contributed by atoms with van der Waals surface area (Å²) < 4.78 is 5.43. The maximum Gasteiger partial charge on any atom is 0.310 e. The lowest BCUT2D eigenvalue weighted by molar-refractivity contribution is -0.384. The van der Waals surface area contributed by atoms with Crippen molar-refractivity contribution in [3.05, 3.63) is 28.3 Å². The van der Waals surface area contributed by atoms with Crippen molar-refractivity contribution in [3.63, 3.8) is 0 Å². The molecule has 0 amide bonds. The lowest BCUT2D eigenvalue weighted by Gasteiger charge is -2.38. The van der Waals surface area contributed by atoms with E-state index in [1.165, 1.54) is 12.1 Å². The highest BCUT2D eigenvalue weighted by molar-refractivity contribution is 5.75. The van der Waals surface area contributed by atoms with E-state index in [0.717, 1.165) is 6.42 Å². The SMILES string of the molecule is CCCOc1cc(N2CC(C(=O)O)C2)cc([N+](=O)[O-])c1. The molecule has 0 spiro atoms. The highest BCUT2D eigenvalue weighted by Gasteiger charge is 2.33. The predicted molar refractivity (Wildman–Crippen MR) is 72.2 cm³/mol. The van der Waals surface area contributed by atoms with Crippen LogP contribution in [0.3, 0.4) is 0 Å². The molecule has 0 unspecified atom stereocenters. The van der Waals surface area contributed by atoms with Gasteiger partial charge in [-0.15, -0.1) is 0 Å². The number of nitrogens with zero attached hydrogens (tertiary/aromatic N) is 2. The minimum Gasteiger partial charge on any atom is -0.493 e. The number of ether oxygens (including phenoxy) is 1. The molecule has 0 saturated carbocycles. The monoisotopic (exact) mass is 280 g/mol. The maximum absolute atomic E-state index is 10.9. The molecule has 108 valence electrons. The largest absolute Gasteiger partial charge is 0.493 e. The average Bonchev–Trinajstić information content (AvgIpc) is 2.33. The molecule has 1 aromatic rings. The van der Waals surface area contributed by atoms with E-state index in [4.69, 9.17) is 9.84 Å². The van der Waals surface area contributed by atoms with Gasteiger partial charge in [0.05, 0.1) is 23.5 Å². The van der Waals surface area contributed by atoms with E-state index in [0.29, 0.717) is 31.1 Å². The van der Waals surface area contributed by atoms with Crippen molar-refractivity contribution >= 4 is 17.3 Å². The summed E-state index contributed by atoms with van der Waals surface area (Å²) in [5.41, 5.74) is 0.579. The minimum atomic E-state index is -0.839. The van der Waals surface area contributed by atoms with Gasteiger partial charge in [0, 0.05) is 30.9 Å². The Morgan fingerprint density at radius 3 is 2.75 bits per heavy atom. The van der Waals surface area contributed by atoms with Gasteiger partial charge in [0.15, 0.2) is 0 Å². The Bertz CT molecular complexity index is 525. The standard InChI is InChI=1S/C13H16N2O5/c1-2-3-20-12-5-10(4-11(6-12)15(18)19)14-7-9(8-14)13(16)17/h4-6,9H,2-3,7-8H2,1H3,(H,16,17). The fourth-order valence-electron chi connectivity index (χ4n) is 2.00. The van der Waals surface area contributed by atoms with Crippen molar-refractivity contribution in [2.24, 2.45) is 5.92 Å². The molecule has 1 aliphatic rings. The number of anilines is 1. The number of hydrogen-bond acceptors (Lipinski definition) is 5. The number of carbonyl (C=O) groups is 1. The van der Waals surface area contributed by atoms with Gasteiger partial charge in [0.1, 0.15) is 5.75 Å². The van der Waals surface area contributed by atoms with Crippen molar-refractivity contribution in [2.75, 3.05) is 24.6 Å². The van der Waals surface area contributed by atoms with Crippen LogP contribution >= 0.6 is 0 Å². The van der Waals surface area contributed by atoms with Crippen LogP contribution in [0.1, 0.15) is 13.3 Å². The quantitative estimate of drug-likeness (QED) is 0.632. The van der Waals surface area contributed by atoms with E-state index in [9.17, 15) is 14.9 Å². The number of non-ortho nitro benzene ring substituents is 1. The van der Waals surface area contributed by atoms with Crippen molar-refractivity contribution < 1.29 is 19.6 Å². The second kappa shape index (κ2) is 5.77. The third kappa shape index (κ3) is 2.98. The zero-order valence-corrected chi connectivity index (χ0v) is 11.1. The van der Waals surface area contributed by atoms with Gasteiger partial charge in [0.2, 0.25) is 0 Å². The van der Waals surface area contributed by atoms with Crippen molar-refractivity contribution in [3.8, 4) is 5.75 Å². The predicted octanol–water partition coefficient (Wildman–Crippen LogP) is 1.90. The summed E-state index contributed by atoms with van der Waals surface area (Å²) in [5.74, 6) is -0.807. The first kappa shape index (κ1) is 14.1. The molecule has 1 aliphatic heterocycles. The zero-order chi connectivity index (χ0) is 14.7. The molecule has 1 aromatic carbocycles. The first-order valence-corrected chi connectivity index (χ1v) is 6.41. The number of nitro benzene ring substituents is 1. The fraction of sp³-hybridized carbons (Fsp3) is 0.462. The molecule has 0 radical (unpaired) electrons. The molecule has 0 aliphatic carbocycles. The van der Waals surface area contributed by atoms with Gasteiger partial charge in [-0.3, -0.25) is 14.9 Å². The summed E-state index contributed by atoms with van der Waals surface area (Å²) >= 11 is 0. The van der Waals surface area contributed by atoms with Crippen LogP contribution in [0.5, 0.6) is 5.75 Å². The lowest BCUT2D eigenvalue weighted by Crippen LogP contribution is -2.50. The van der Waals surface area contributed by atoms with E-state index in [-0.39, 0.29) is 5.69 Å². The first-order valence-electron chi connectivity index (χ1n) is 6.41. The van der Waals surface area contributed by atoms with Gasteiger partial charge in [0.25, 0.3) is 5.69 Å². The zero-order valence-electron chi connectivity index (χ0n) is 11.1. The topological polar surface area (TPSA) is 92.9 Å². The van der Waals surface area contributed by atoms with E-state index in [1.54, 1.807) is 11.0 Å². The number of benzene rings is 1. The van der Waals surface area contributed by atoms with Crippen molar-refractivity contribution in [1.29, 1.82) is 0 Å². The molecule has 2 rings (SSSR count). The summed E-state index contributed by atoms with van der Waals surface area (Å²) in [4.78, 5) is 23.0. The van der Waals surface area contributed by atoms with Gasteiger partial charge in [-0.1, -0.05) is 6.92 Å². The van der Waals surface area contributed by atoms with E-state index >= 15 is 0 Å². The molecule has 7 heteroatoms. The lowest BCUT2D eigenvalue weighted by atomic mass is 9.99. The highest BCUT2D eigenvalue weighted by atomic mass is 16.6. The molecule has 1 heterocycles. The van der Waals surface area contributed by atoms with Crippen LogP contribution in [0.4, 0.5) is 11.4 Å². The Kier molecular flexibility index (Phi) is 4.07. The van der Waals surface area contributed by atoms with Crippen molar-refractivity contribution in [2.45, 2.75) is 13.3 Å². The van der Waals surface area contributed by atoms with Crippen LogP contribution in [0.15, 0.2) is 18.2 Å². The van der Waals surface area contributed by atoms with E-state index in [1.807, 2.05) is 6.92 Å². The maximum atomic E-state index is 10.9. The Hall–Kier alpha value is -2.31. The Labute approximate surface area is 115 Å². The Morgan fingerprint density at radius 2 is 2.20 bits per heavy atom. The summed E-state index contributed by atoms with van der Waals surface area (Å²) in [5, 5.41) is 19.8. The normalized spacial score (nSPS) is 14.8. The summed E-state index contributed by atoms with van der Waals surface area (Å²) in [7, 11) is 0. The summed E-state index contributed by atoms with van der Waals surface area (Å²) in [6.45, 7) is 3.16. The van der Waals surface area contributed by atoms with E-state index in [2.05, 4.69) is 0 Å². The number of aliphatic carboxylic acids is 1. The second-order valence-corrected chi connectivity index (χ2v) is 4.73. The van der Waals surface area contributed by atoms with Gasteiger partial charge < -0.3 is 14.7 Å². The smallest absolute Gasteiger partial charge is 0.310 e. The summed E-state index contributed by atoms with van der Waals surface area (Å²) in [6, 6.07) is 4.53. The third-order valence-corrected chi connectivity index (χ3v) is 3.16. The van der Waals surface area contributed by atoms with Gasteiger partial charge in [-0.2, -0.15) is 0 Å². The van der Waals surface area contributed by atoms with Crippen LogP contribution in [0.25, 0.3) is 0 Å².